The molecule has 1 aromatic heterocycles. The molecular weight excluding hydrogens is 426 g/mol. The lowest BCUT2D eigenvalue weighted by Gasteiger charge is -2.04. The Labute approximate surface area is 194 Å². The number of hydrogen-bond acceptors (Lipinski definition) is 7. The largest absolute Gasteiger partial charge is 0.508 e. The first-order chi connectivity index (χ1) is 14.8. The van der Waals surface area contributed by atoms with Gasteiger partial charge in [0.1, 0.15) is 17.3 Å². The minimum absolute atomic E-state index is 0. The van der Waals surface area contributed by atoms with Gasteiger partial charge in [0, 0.05) is 5.56 Å². The number of carbonyl (C=O) groups is 1. The molecule has 0 saturated heterocycles. The molecule has 7 nitrogen and oxygen atoms in total. The van der Waals surface area contributed by atoms with Crippen LogP contribution in [0.4, 0.5) is 23.0 Å². The minimum atomic E-state index is 0. The van der Waals surface area contributed by atoms with Gasteiger partial charge in [-0.05, 0) is 75.2 Å². The quantitative estimate of drug-likeness (QED) is 0.241. The van der Waals surface area contributed by atoms with Crippen LogP contribution in [0, 0.1) is 0 Å². The van der Waals surface area contributed by atoms with Crippen LogP contribution in [0.2, 0.25) is 0 Å². The first-order valence-corrected chi connectivity index (χ1v) is 9.71. The van der Waals surface area contributed by atoms with Gasteiger partial charge in [-0.25, -0.2) is 4.98 Å². The van der Waals surface area contributed by atoms with Crippen molar-refractivity contribution in [2.75, 3.05) is 11.5 Å². The van der Waals surface area contributed by atoms with Crippen LogP contribution >= 0.6 is 12.4 Å². The van der Waals surface area contributed by atoms with E-state index in [1.165, 1.54) is 12.5 Å². The van der Waals surface area contributed by atoms with Gasteiger partial charge in [0.25, 0.3) is 0 Å². The number of phenolic OH excluding ortho intramolecular Hbond substituents is 1. The van der Waals surface area contributed by atoms with Crippen LogP contribution in [-0.4, -0.2) is 15.9 Å². The zero-order chi connectivity index (χ0) is 22.8. The maximum atomic E-state index is 11.1. The molecule has 0 unspecified atom stereocenters. The minimum Gasteiger partial charge on any atom is -0.508 e. The van der Waals surface area contributed by atoms with Crippen LogP contribution in [0.3, 0.4) is 0 Å². The molecule has 0 bridgehead atoms. The molecule has 0 aliphatic rings. The van der Waals surface area contributed by atoms with Gasteiger partial charge >= 0.3 is 0 Å². The number of nitrogens with zero attached hydrogens (tertiary/aromatic N) is 3. The van der Waals surface area contributed by atoms with Crippen molar-refractivity contribution in [3.63, 3.8) is 0 Å². The number of phenols is 1. The number of aromatic hydroxyl groups is 1. The number of azo groups is 1. The molecule has 168 valence electrons. The molecule has 8 heteroatoms. The van der Waals surface area contributed by atoms with E-state index >= 15 is 0 Å². The van der Waals surface area contributed by atoms with E-state index in [1.54, 1.807) is 30.3 Å². The summed E-state index contributed by atoms with van der Waals surface area (Å²) in [6.45, 7) is 5.54. The van der Waals surface area contributed by atoms with Gasteiger partial charge < -0.3 is 16.6 Å². The average Bonchev–Trinajstić information content (AvgIpc) is 2.73. The molecule has 0 spiro atoms. The number of aromatic nitrogens is 1. The Morgan fingerprint density at radius 3 is 2.28 bits per heavy atom. The summed E-state index contributed by atoms with van der Waals surface area (Å²) >= 11 is 0. The fraction of sp³-hybridized carbons (Fsp3) is 0.167. The lowest BCUT2D eigenvalue weighted by atomic mass is 10.0. The molecule has 1 heterocycles. The number of carbonyl (C=O) groups excluding carboxylic acids is 1. The zero-order valence-electron chi connectivity index (χ0n) is 18.3. The maximum absolute atomic E-state index is 11.1. The van der Waals surface area contributed by atoms with Gasteiger partial charge in [-0.2, -0.15) is 5.11 Å². The van der Waals surface area contributed by atoms with Crippen molar-refractivity contribution in [3.8, 4) is 5.75 Å². The maximum Gasteiger partial charge on any atom is 0.159 e. The van der Waals surface area contributed by atoms with E-state index in [9.17, 15) is 9.90 Å². The SMILES string of the molecule is CC(=O)c1ccc(O)c(CC=C(C)C)c1.Cl.Nc1ccc(N=Nc2ccccc2)c(N)n1. The summed E-state index contributed by atoms with van der Waals surface area (Å²) in [6.07, 6.45) is 2.69. The highest BCUT2D eigenvalue weighted by molar-refractivity contribution is 5.94. The van der Waals surface area contributed by atoms with Crippen molar-refractivity contribution in [3.05, 3.63) is 83.4 Å². The number of halogens is 1. The first-order valence-electron chi connectivity index (χ1n) is 9.71. The lowest BCUT2D eigenvalue weighted by molar-refractivity contribution is 0.101. The van der Waals surface area contributed by atoms with Crippen LogP contribution in [0.15, 0.2) is 82.5 Å². The van der Waals surface area contributed by atoms with E-state index in [0.29, 0.717) is 23.5 Å². The highest BCUT2D eigenvalue weighted by atomic mass is 35.5. The van der Waals surface area contributed by atoms with Crippen molar-refractivity contribution in [2.45, 2.75) is 27.2 Å². The number of allylic oxidation sites excluding steroid dienone is 2. The molecule has 32 heavy (non-hydrogen) atoms. The third kappa shape index (κ3) is 8.57. The number of hydrogen-bond donors (Lipinski definition) is 3. The lowest BCUT2D eigenvalue weighted by Crippen LogP contribution is -1.95. The predicted molar refractivity (Wildman–Crippen MR) is 132 cm³/mol. The van der Waals surface area contributed by atoms with E-state index in [4.69, 9.17) is 11.5 Å². The summed E-state index contributed by atoms with van der Waals surface area (Å²) in [5.74, 6) is 0.918. The Kier molecular flexibility index (Phi) is 10.6. The number of benzene rings is 2. The van der Waals surface area contributed by atoms with Crippen molar-refractivity contribution < 1.29 is 9.90 Å². The summed E-state index contributed by atoms with van der Waals surface area (Å²) in [4.78, 5) is 15.0. The average molecular weight is 454 g/mol. The van der Waals surface area contributed by atoms with Crippen LogP contribution in [0.1, 0.15) is 36.7 Å². The van der Waals surface area contributed by atoms with Crippen molar-refractivity contribution in [2.24, 2.45) is 10.2 Å². The predicted octanol–water partition coefficient (Wildman–Crippen LogP) is 6.19. The van der Waals surface area contributed by atoms with Crippen molar-refractivity contribution in [1.82, 2.24) is 4.98 Å². The third-order valence-electron chi connectivity index (χ3n) is 4.17. The number of pyridine rings is 1. The summed E-state index contributed by atoms with van der Waals surface area (Å²) in [6, 6.07) is 17.7. The summed E-state index contributed by atoms with van der Waals surface area (Å²) in [7, 11) is 0. The standard InChI is InChI=1S/C13H16O2.C11H11N5.ClH/c1-9(2)4-5-12-8-11(10(3)14)6-7-13(12)15;12-10-7-6-9(11(13)14-10)16-15-8-4-2-1-3-5-8;/h4,6-8,15H,5H2,1-3H3;1-7H,(H4,12,13,14);1H. The Hall–Kier alpha value is -3.71. The van der Waals surface area contributed by atoms with E-state index in [2.05, 4.69) is 15.2 Å². The van der Waals surface area contributed by atoms with Gasteiger partial charge in [0.15, 0.2) is 11.6 Å². The molecule has 0 aliphatic heterocycles. The molecule has 0 saturated carbocycles. The number of nitrogen functional groups attached to an aromatic ring is 2. The summed E-state index contributed by atoms with van der Waals surface area (Å²) in [5.41, 5.74) is 15.0. The monoisotopic (exact) mass is 453 g/mol. The first kappa shape index (κ1) is 26.3. The van der Waals surface area contributed by atoms with Gasteiger partial charge in [0.05, 0.1) is 5.69 Å². The Morgan fingerprint density at radius 1 is 1.00 bits per heavy atom. The molecule has 5 N–H and O–H groups in total. The van der Waals surface area contributed by atoms with Crippen molar-refractivity contribution >= 4 is 41.2 Å². The number of ketones is 1. The molecule has 2 aromatic carbocycles. The molecule has 0 atom stereocenters. The second kappa shape index (κ2) is 12.9. The van der Waals surface area contributed by atoms with Gasteiger partial charge in [0.2, 0.25) is 0 Å². The van der Waals surface area contributed by atoms with E-state index < -0.39 is 0 Å². The van der Waals surface area contributed by atoms with Gasteiger partial charge in [-0.3, -0.25) is 4.79 Å². The summed E-state index contributed by atoms with van der Waals surface area (Å²) < 4.78 is 0. The van der Waals surface area contributed by atoms with Crippen LogP contribution < -0.4 is 11.5 Å². The van der Waals surface area contributed by atoms with Crippen LogP contribution in [0.5, 0.6) is 5.75 Å². The second-order valence-corrected chi connectivity index (χ2v) is 7.06. The van der Waals surface area contributed by atoms with E-state index in [0.717, 1.165) is 11.3 Å². The fourth-order valence-electron chi connectivity index (χ4n) is 2.46. The highest BCUT2D eigenvalue weighted by Crippen LogP contribution is 2.23. The molecule has 3 aromatic rings. The highest BCUT2D eigenvalue weighted by Gasteiger charge is 2.04. The topological polar surface area (TPSA) is 127 Å². The number of Topliss-reactive ketones (excluding diaryl/α,β-unsaturated/α-hetero) is 1. The molecular formula is C24H28ClN5O2. The Bertz CT molecular complexity index is 1090. The molecule has 3 rings (SSSR count). The molecule has 0 fully saturated rings. The zero-order valence-corrected chi connectivity index (χ0v) is 19.1. The smallest absolute Gasteiger partial charge is 0.159 e. The number of anilines is 2. The number of rotatable bonds is 5. The Balaban J connectivity index is 0.000000311. The third-order valence-corrected chi connectivity index (χ3v) is 4.17. The second-order valence-electron chi connectivity index (χ2n) is 7.06. The van der Waals surface area contributed by atoms with E-state index in [1.807, 2.05) is 50.3 Å². The molecule has 0 amide bonds. The summed E-state index contributed by atoms with van der Waals surface area (Å²) in [5, 5.41) is 17.6. The van der Waals surface area contributed by atoms with Crippen molar-refractivity contribution in [1.29, 1.82) is 0 Å². The number of nitrogens with two attached hydrogens (primary N) is 2. The van der Waals surface area contributed by atoms with Gasteiger partial charge in [-0.15, -0.1) is 17.5 Å². The fourth-order valence-corrected chi connectivity index (χ4v) is 2.46. The van der Waals surface area contributed by atoms with Crippen LogP contribution in [-0.2, 0) is 6.42 Å². The Morgan fingerprint density at radius 2 is 1.69 bits per heavy atom. The molecule has 0 radical (unpaired) electrons. The van der Waals surface area contributed by atoms with Crippen LogP contribution in [0.25, 0.3) is 0 Å². The molecule has 0 aliphatic carbocycles. The normalized spacial score (nSPS) is 9.97. The van der Waals surface area contributed by atoms with Gasteiger partial charge in [-0.1, -0.05) is 29.8 Å². The van der Waals surface area contributed by atoms with E-state index in [-0.39, 0.29) is 29.8 Å².